The van der Waals surface area contributed by atoms with Crippen molar-refractivity contribution >= 4 is 0 Å². The summed E-state index contributed by atoms with van der Waals surface area (Å²) in [6.07, 6.45) is 1.66. The van der Waals surface area contributed by atoms with E-state index in [0.29, 0.717) is 11.6 Å². The van der Waals surface area contributed by atoms with E-state index in [1.54, 1.807) is 6.07 Å². The molecule has 0 saturated carbocycles. The lowest BCUT2D eigenvalue weighted by molar-refractivity contribution is 0.0818. The van der Waals surface area contributed by atoms with Crippen LogP contribution in [0.3, 0.4) is 0 Å². The first-order valence-electron chi connectivity index (χ1n) is 7.49. The number of aliphatic hydroxyl groups excluding tert-OH is 1. The molecule has 0 aromatic carbocycles. The van der Waals surface area contributed by atoms with Crippen molar-refractivity contribution < 1.29 is 9.50 Å². The summed E-state index contributed by atoms with van der Waals surface area (Å²) in [7, 11) is 0. The molecular weight excluding hydrogens is 255 g/mol. The van der Waals surface area contributed by atoms with Gasteiger partial charge in [0, 0.05) is 19.0 Å². The molecule has 3 unspecified atom stereocenters. The number of halogens is 1. The van der Waals surface area contributed by atoms with Crippen molar-refractivity contribution in [3.8, 4) is 0 Å². The maximum absolute atomic E-state index is 12.8. The van der Waals surface area contributed by atoms with Crippen molar-refractivity contribution in [3.63, 3.8) is 0 Å². The highest BCUT2D eigenvalue weighted by molar-refractivity contribution is 5.08. The molecule has 0 amide bonds. The average molecular weight is 282 g/mol. The van der Waals surface area contributed by atoms with Crippen LogP contribution in [0.15, 0.2) is 18.3 Å². The second-order valence-electron chi connectivity index (χ2n) is 5.69. The fourth-order valence-electron chi connectivity index (χ4n) is 2.26. The molecule has 1 rings (SSSR count). The average Bonchev–Trinajstić information content (AvgIpc) is 2.46. The number of pyridine rings is 1. The van der Waals surface area contributed by atoms with Gasteiger partial charge in [0.1, 0.15) is 5.82 Å². The molecule has 3 nitrogen and oxygen atoms in total. The van der Waals surface area contributed by atoms with Gasteiger partial charge in [0.25, 0.3) is 0 Å². The second-order valence-corrected chi connectivity index (χ2v) is 5.69. The lowest BCUT2D eigenvalue weighted by Crippen LogP contribution is -2.34. The van der Waals surface area contributed by atoms with Gasteiger partial charge in [0.05, 0.1) is 18.0 Å². The van der Waals surface area contributed by atoms with E-state index in [2.05, 4.69) is 30.7 Å². The van der Waals surface area contributed by atoms with Gasteiger partial charge in [-0.2, -0.15) is 0 Å². The summed E-state index contributed by atoms with van der Waals surface area (Å²) in [6, 6.07) is 2.90. The maximum Gasteiger partial charge on any atom is 0.141 e. The third-order valence-corrected chi connectivity index (χ3v) is 3.85. The van der Waals surface area contributed by atoms with Gasteiger partial charge >= 0.3 is 0 Å². The van der Waals surface area contributed by atoms with Gasteiger partial charge in [-0.1, -0.05) is 34.1 Å². The SMILES string of the molecule is CCC(C)CN(CC)CC(C)C(O)c1ccc(F)cn1. The van der Waals surface area contributed by atoms with Gasteiger partial charge in [0.15, 0.2) is 0 Å². The van der Waals surface area contributed by atoms with Gasteiger partial charge in [-0.3, -0.25) is 4.98 Å². The molecule has 0 spiro atoms. The summed E-state index contributed by atoms with van der Waals surface area (Å²) in [5.74, 6) is 0.348. The van der Waals surface area contributed by atoms with E-state index in [0.717, 1.165) is 32.3 Å². The summed E-state index contributed by atoms with van der Waals surface area (Å²) in [5.41, 5.74) is 0.540. The maximum atomic E-state index is 12.8. The van der Waals surface area contributed by atoms with Crippen molar-refractivity contribution in [2.75, 3.05) is 19.6 Å². The van der Waals surface area contributed by atoms with Gasteiger partial charge in [0.2, 0.25) is 0 Å². The molecule has 0 bridgehead atoms. The first-order chi connectivity index (χ1) is 9.47. The van der Waals surface area contributed by atoms with Gasteiger partial charge in [-0.15, -0.1) is 0 Å². The van der Waals surface area contributed by atoms with E-state index in [1.807, 2.05) is 6.92 Å². The highest BCUT2D eigenvalue weighted by atomic mass is 19.1. The minimum atomic E-state index is -0.651. The molecule has 3 atom stereocenters. The Morgan fingerprint density at radius 3 is 2.45 bits per heavy atom. The Morgan fingerprint density at radius 1 is 1.25 bits per heavy atom. The summed E-state index contributed by atoms with van der Waals surface area (Å²) < 4.78 is 12.8. The molecule has 1 N–H and O–H groups in total. The highest BCUT2D eigenvalue weighted by Gasteiger charge is 2.20. The fourth-order valence-corrected chi connectivity index (χ4v) is 2.26. The molecule has 0 aliphatic carbocycles. The van der Waals surface area contributed by atoms with Crippen LogP contribution in [-0.4, -0.2) is 34.6 Å². The van der Waals surface area contributed by atoms with Crippen molar-refractivity contribution in [1.82, 2.24) is 9.88 Å². The molecule has 0 saturated heterocycles. The normalized spacial score (nSPS) is 16.1. The predicted molar refractivity (Wildman–Crippen MR) is 79.9 cm³/mol. The van der Waals surface area contributed by atoms with Crippen LogP contribution in [-0.2, 0) is 0 Å². The molecule has 1 aromatic rings. The fraction of sp³-hybridized carbons (Fsp3) is 0.688. The van der Waals surface area contributed by atoms with Crippen LogP contribution in [0, 0.1) is 17.7 Å². The van der Waals surface area contributed by atoms with E-state index in [9.17, 15) is 9.50 Å². The van der Waals surface area contributed by atoms with Crippen molar-refractivity contribution in [1.29, 1.82) is 0 Å². The first-order valence-corrected chi connectivity index (χ1v) is 7.49. The zero-order chi connectivity index (χ0) is 15.1. The molecule has 114 valence electrons. The summed E-state index contributed by atoms with van der Waals surface area (Å²) in [5, 5.41) is 10.3. The number of hydrogen-bond donors (Lipinski definition) is 1. The number of rotatable bonds is 8. The Hall–Kier alpha value is -1.00. The highest BCUT2D eigenvalue weighted by Crippen LogP contribution is 2.21. The Balaban J connectivity index is 2.59. The minimum Gasteiger partial charge on any atom is -0.386 e. The first kappa shape index (κ1) is 17.1. The van der Waals surface area contributed by atoms with Crippen molar-refractivity contribution in [2.45, 2.75) is 40.2 Å². The second kappa shape index (κ2) is 8.32. The Kier molecular flexibility index (Phi) is 7.10. The third kappa shape index (κ3) is 5.17. The third-order valence-electron chi connectivity index (χ3n) is 3.85. The Bertz CT molecular complexity index is 383. The van der Waals surface area contributed by atoms with E-state index in [4.69, 9.17) is 0 Å². The van der Waals surface area contributed by atoms with E-state index in [1.165, 1.54) is 6.07 Å². The smallest absolute Gasteiger partial charge is 0.141 e. The molecule has 1 aromatic heterocycles. The topological polar surface area (TPSA) is 36.4 Å². The molecule has 0 aliphatic heterocycles. The van der Waals surface area contributed by atoms with Crippen molar-refractivity contribution in [3.05, 3.63) is 29.8 Å². The zero-order valence-electron chi connectivity index (χ0n) is 13.0. The van der Waals surface area contributed by atoms with Crippen LogP contribution >= 0.6 is 0 Å². The predicted octanol–water partition coefficient (Wildman–Crippen LogP) is 3.26. The lowest BCUT2D eigenvalue weighted by atomic mass is 9.99. The van der Waals surface area contributed by atoms with E-state index >= 15 is 0 Å². The standard InChI is InChI=1S/C16H27FN2O/c1-5-12(3)10-19(6-2)11-13(4)16(20)15-8-7-14(17)9-18-15/h7-9,12-13,16,20H,5-6,10-11H2,1-4H3. The quantitative estimate of drug-likeness (QED) is 0.795. The minimum absolute atomic E-state index is 0.0666. The molecule has 0 fully saturated rings. The molecule has 1 heterocycles. The number of hydrogen-bond acceptors (Lipinski definition) is 3. The van der Waals surface area contributed by atoms with Crippen LogP contribution in [0.1, 0.15) is 45.9 Å². The molecule has 20 heavy (non-hydrogen) atoms. The lowest BCUT2D eigenvalue weighted by Gasteiger charge is -2.28. The van der Waals surface area contributed by atoms with Crippen LogP contribution in [0.25, 0.3) is 0 Å². The summed E-state index contributed by atoms with van der Waals surface area (Å²) in [4.78, 5) is 6.32. The molecule has 4 heteroatoms. The van der Waals surface area contributed by atoms with Crippen LogP contribution in [0.4, 0.5) is 4.39 Å². The zero-order valence-corrected chi connectivity index (χ0v) is 13.0. The van der Waals surface area contributed by atoms with Crippen LogP contribution in [0.5, 0.6) is 0 Å². The largest absolute Gasteiger partial charge is 0.386 e. The molecule has 0 radical (unpaired) electrons. The van der Waals surface area contributed by atoms with Crippen molar-refractivity contribution in [2.24, 2.45) is 11.8 Å². The summed E-state index contributed by atoms with van der Waals surface area (Å²) in [6.45, 7) is 11.4. The number of nitrogens with zero attached hydrogens (tertiary/aromatic N) is 2. The van der Waals surface area contributed by atoms with Crippen LogP contribution < -0.4 is 0 Å². The summed E-state index contributed by atoms with van der Waals surface area (Å²) >= 11 is 0. The van der Waals surface area contributed by atoms with Gasteiger partial charge < -0.3 is 10.0 Å². The van der Waals surface area contributed by atoms with E-state index < -0.39 is 6.10 Å². The number of aliphatic hydroxyl groups is 1. The van der Waals surface area contributed by atoms with Gasteiger partial charge in [-0.05, 0) is 24.6 Å². The van der Waals surface area contributed by atoms with Crippen LogP contribution in [0.2, 0.25) is 0 Å². The number of aromatic nitrogens is 1. The monoisotopic (exact) mass is 282 g/mol. The Labute approximate surface area is 121 Å². The molecular formula is C16H27FN2O. The Morgan fingerprint density at radius 2 is 1.95 bits per heavy atom. The van der Waals surface area contributed by atoms with E-state index in [-0.39, 0.29) is 11.7 Å². The molecule has 0 aliphatic rings. The van der Waals surface area contributed by atoms with Gasteiger partial charge in [-0.25, -0.2) is 4.39 Å².